The highest BCUT2D eigenvalue weighted by Crippen LogP contribution is 2.39. The summed E-state index contributed by atoms with van der Waals surface area (Å²) in [6.45, 7) is 7.55. The van der Waals surface area contributed by atoms with Crippen LogP contribution >= 0.6 is 0 Å². The molecule has 1 fully saturated rings. The summed E-state index contributed by atoms with van der Waals surface area (Å²) in [5.41, 5.74) is 1.24. The van der Waals surface area contributed by atoms with Crippen molar-refractivity contribution >= 4 is 17.4 Å². The van der Waals surface area contributed by atoms with Gasteiger partial charge in [-0.05, 0) is 62.5 Å². The highest BCUT2D eigenvalue weighted by atomic mass is 16.5. The van der Waals surface area contributed by atoms with Crippen molar-refractivity contribution in [1.82, 2.24) is 9.80 Å². The number of amides is 1. The summed E-state index contributed by atoms with van der Waals surface area (Å²) in [5.74, 6) is -0.199. The molecule has 0 saturated carbocycles. The zero-order valence-electron chi connectivity index (χ0n) is 20.0. The molecule has 1 N–H and O–H groups in total. The number of ketones is 1. The molecular weight excluding hydrogens is 432 g/mol. The van der Waals surface area contributed by atoms with Crippen LogP contribution in [0.2, 0.25) is 0 Å². The molecule has 0 aromatic heterocycles. The number of carbonyl (C=O) groups is 2. The van der Waals surface area contributed by atoms with Crippen molar-refractivity contribution in [3.05, 3.63) is 77.9 Å². The summed E-state index contributed by atoms with van der Waals surface area (Å²) in [7, 11) is 3.81. The lowest BCUT2D eigenvalue weighted by molar-refractivity contribution is -0.140. The lowest BCUT2D eigenvalue weighted by Gasteiger charge is -2.26. The summed E-state index contributed by atoms with van der Waals surface area (Å²) in [6.07, 6.45) is 2.53. The van der Waals surface area contributed by atoms with Crippen molar-refractivity contribution in [2.45, 2.75) is 19.4 Å². The molecule has 2 aromatic rings. The van der Waals surface area contributed by atoms with Crippen molar-refractivity contribution < 1.29 is 24.2 Å². The monoisotopic (exact) mass is 464 g/mol. The van der Waals surface area contributed by atoms with Gasteiger partial charge in [0.2, 0.25) is 0 Å². The highest BCUT2D eigenvalue weighted by Gasteiger charge is 2.45. The van der Waals surface area contributed by atoms with Crippen molar-refractivity contribution in [3.63, 3.8) is 0 Å². The molecule has 0 radical (unpaired) electrons. The minimum Gasteiger partial charge on any atom is -0.507 e. The van der Waals surface area contributed by atoms with E-state index < -0.39 is 17.7 Å². The SMILES string of the molecule is C=CCOc1ccc(/C(O)=C2\C(=O)C(=O)N(CCN(C)C)[C@@H]2c2ccc(OCCC)cc2)cc1. The number of aliphatic hydroxyl groups is 1. The molecule has 1 saturated heterocycles. The number of carbonyl (C=O) groups excluding carboxylic acids is 2. The van der Waals surface area contributed by atoms with Crippen LogP contribution in [0.25, 0.3) is 5.76 Å². The molecule has 1 atom stereocenters. The van der Waals surface area contributed by atoms with Gasteiger partial charge in [-0.2, -0.15) is 0 Å². The molecule has 1 aliphatic rings. The van der Waals surface area contributed by atoms with E-state index in [1.54, 1.807) is 30.3 Å². The lowest BCUT2D eigenvalue weighted by atomic mass is 9.95. The Hall–Kier alpha value is -3.58. The first-order valence-electron chi connectivity index (χ1n) is 11.4. The van der Waals surface area contributed by atoms with E-state index in [0.29, 0.717) is 43.4 Å². The van der Waals surface area contributed by atoms with E-state index in [2.05, 4.69) is 6.58 Å². The third kappa shape index (κ3) is 5.66. The van der Waals surface area contributed by atoms with Gasteiger partial charge in [0.15, 0.2) is 0 Å². The molecule has 0 unspecified atom stereocenters. The maximum Gasteiger partial charge on any atom is 0.295 e. The van der Waals surface area contributed by atoms with Gasteiger partial charge in [0, 0.05) is 18.7 Å². The van der Waals surface area contributed by atoms with Gasteiger partial charge in [0.05, 0.1) is 18.2 Å². The number of likely N-dealkylation sites (N-methyl/N-ethyl adjacent to an activating group) is 1. The minimum absolute atomic E-state index is 0.0748. The van der Waals surface area contributed by atoms with Crippen molar-refractivity contribution in [3.8, 4) is 11.5 Å². The van der Waals surface area contributed by atoms with Crippen molar-refractivity contribution in [2.75, 3.05) is 40.4 Å². The van der Waals surface area contributed by atoms with Crippen LogP contribution in [0, 0.1) is 0 Å². The van der Waals surface area contributed by atoms with E-state index in [4.69, 9.17) is 9.47 Å². The first kappa shape index (κ1) is 25.1. The summed E-state index contributed by atoms with van der Waals surface area (Å²) in [4.78, 5) is 29.5. The number of ether oxygens (including phenoxy) is 2. The second kappa shape index (κ2) is 11.5. The number of Topliss-reactive ketones (excluding diaryl/α,β-unsaturated/α-hetero) is 1. The third-order valence-electron chi connectivity index (χ3n) is 5.49. The molecular formula is C27H32N2O5. The van der Waals surface area contributed by atoms with Gasteiger partial charge >= 0.3 is 0 Å². The predicted octanol–water partition coefficient (Wildman–Crippen LogP) is 4.02. The van der Waals surface area contributed by atoms with Gasteiger partial charge < -0.3 is 24.4 Å². The number of benzene rings is 2. The summed E-state index contributed by atoms with van der Waals surface area (Å²) >= 11 is 0. The van der Waals surface area contributed by atoms with E-state index in [0.717, 1.165) is 12.0 Å². The Kier molecular flexibility index (Phi) is 8.49. The maximum absolute atomic E-state index is 13.1. The number of aliphatic hydroxyl groups excluding tert-OH is 1. The number of hydrogen-bond donors (Lipinski definition) is 1. The van der Waals surface area contributed by atoms with Crippen LogP contribution in [0.1, 0.15) is 30.5 Å². The Balaban J connectivity index is 2.02. The average Bonchev–Trinajstić information content (AvgIpc) is 3.10. The molecule has 3 rings (SSSR count). The molecule has 34 heavy (non-hydrogen) atoms. The van der Waals surface area contributed by atoms with Gasteiger partial charge in [0.25, 0.3) is 11.7 Å². The molecule has 180 valence electrons. The van der Waals surface area contributed by atoms with Crippen LogP contribution < -0.4 is 9.47 Å². The molecule has 7 heteroatoms. The van der Waals surface area contributed by atoms with E-state index in [9.17, 15) is 14.7 Å². The summed E-state index contributed by atoms with van der Waals surface area (Å²) in [5, 5.41) is 11.2. The number of hydrogen-bond acceptors (Lipinski definition) is 6. The fourth-order valence-corrected chi connectivity index (χ4v) is 3.75. The van der Waals surface area contributed by atoms with Crippen LogP contribution in [0.5, 0.6) is 11.5 Å². The average molecular weight is 465 g/mol. The van der Waals surface area contributed by atoms with Crippen molar-refractivity contribution in [2.24, 2.45) is 0 Å². The predicted molar refractivity (Wildman–Crippen MR) is 132 cm³/mol. The molecule has 1 amide bonds. The second-order valence-corrected chi connectivity index (χ2v) is 8.34. The van der Waals surface area contributed by atoms with E-state index in [1.165, 1.54) is 4.90 Å². The molecule has 0 aliphatic carbocycles. The molecule has 2 aromatic carbocycles. The molecule has 1 heterocycles. The zero-order chi connectivity index (χ0) is 24.7. The molecule has 1 aliphatic heterocycles. The standard InChI is InChI=1S/C27H32N2O5/c1-5-17-33-21-11-7-19(8-12-21)24-23(26(31)27(32)29(24)16-15-28(3)4)25(30)20-9-13-22(14-10-20)34-18-6-2/h6-14,24,30H,2,5,15-18H2,1,3-4H3/b25-23+/t24-/m1/s1. The minimum atomic E-state index is -0.697. The van der Waals surface area contributed by atoms with Gasteiger partial charge in [0.1, 0.15) is 23.9 Å². The summed E-state index contributed by atoms with van der Waals surface area (Å²) < 4.78 is 11.2. The third-order valence-corrected chi connectivity index (χ3v) is 5.49. The van der Waals surface area contributed by atoms with Crippen LogP contribution in [0.4, 0.5) is 0 Å². The van der Waals surface area contributed by atoms with Gasteiger partial charge in [-0.1, -0.05) is 31.7 Å². The zero-order valence-corrected chi connectivity index (χ0v) is 20.0. The van der Waals surface area contributed by atoms with E-state index in [-0.39, 0.29) is 11.3 Å². The topological polar surface area (TPSA) is 79.3 Å². The highest BCUT2D eigenvalue weighted by molar-refractivity contribution is 6.46. The fraction of sp³-hybridized carbons (Fsp3) is 0.333. The van der Waals surface area contributed by atoms with Gasteiger partial charge in [-0.3, -0.25) is 9.59 Å². The van der Waals surface area contributed by atoms with Gasteiger partial charge in [-0.15, -0.1) is 0 Å². The second-order valence-electron chi connectivity index (χ2n) is 8.34. The number of rotatable bonds is 11. The quantitative estimate of drug-likeness (QED) is 0.234. The number of likely N-dealkylation sites (tertiary alicyclic amines) is 1. The normalized spacial score (nSPS) is 17.3. The Bertz CT molecular complexity index is 1040. The molecule has 0 bridgehead atoms. The Labute approximate surface area is 200 Å². The first-order valence-corrected chi connectivity index (χ1v) is 11.4. The lowest BCUT2D eigenvalue weighted by Crippen LogP contribution is -2.35. The molecule has 7 nitrogen and oxygen atoms in total. The smallest absolute Gasteiger partial charge is 0.295 e. The maximum atomic E-state index is 13.1. The fourth-order valence-electron chi connectivity index (χ4n) is 3.75. The van der Waals surface area contributed by atoms with E-state index >= 15 is 0 Å². The van der Waals surface area contributed by atoms with Gasteiger partial charge in [-0.25, -0.2) is 0 Å². The summed E-state index contributed by atoms with van der Waals surface area (Å²) in [6, 6.07) is 13.4. The Morgan fingerprint density at radius 1 is 1.06 bits per heavy atom. The molecule has 0 spiro atoms. The van der Waals surface area contributed by atoms with E-state index in [1.807, 2.05) is 50.2 Å². The van der Waals surface area contributed by atoms with Crippen LogP contribution in [0.15, 0.2) is 66.8 Å². The van der Waals surface area contributed by atoms with Crippen molar-refractivity contribution in [1.29, 1.82) is 0 Å². The largest absolute Gasteiger partial charge is 0.507 e. The number of nitrogens with zero attached hydrogens (tertiary/aromatic N) is 2. The Morgan fingerprint density at radius 2 is 1.68 bits per heavy atom. The Morgan fingerprint density at radius 3 is 2.26 bits per heavy atom. The van der Waals surface area contributed by atoms with Crippen LogP contribution in [0.3, 0.4) is 0 Å². The van der Waals surface area contributed by atoms with Crippen LogP contribution in [-0.2, 0) is 9.59 Å². The first-order chi connectivity index (χ1) is 16.4. The van der Waals surface area contributed by atoms with Crippen LogP contribution in [-0.4, -0.2) is 67.0 Å².